The monoisotopic (exact) mass is 435 g/mol. The van der Waals surface area contributed by atoms with Crippen LogP contribution in [0.4, 0.5) is 4.79 Å². The Morgan fingerprint density at radius 1 is 1.00 bits per heavy atom. The van der Waals surface area contributed by atoms with Gasteiger partial charge in [-0.2, -0.15) is 0 Å². The normalized spacial score (nSPS) is 23.6. The predicted molar refractivity (Wildman–Crippen MR) is 124 cm³/mol. The molecule has 170 valence electrons. The third kappa shape index (κ3) is 5.42. The molecule has 32 heavy (non-hydrogen) atoms. The van der Waals surface area contributed by atoms with Crippen molar-refractivity contribution >= 4 is 11.9 Å². The number of urea groups is 1. The van der Waals surface area contributed by atoms with Crippen LogP contribution in [0.5, 0.6) is 5.75 Å². The summed E-state index contributed by atoms with van der Waals surface area (Å²) >= 11 is 0. The first kappa shape index (κ1) is 22.2. The summed E-state index contributed by atoms with van der Waals surface area (Å²) in [4.78, 5) is 26.6. The van der Waals surface area contributed by atoms with Crippen molar-refractivity contribution in [3.63, 3.8) is 0 Å². The lowest BCUT2D eigenvalue weighted by Gasteiger charge is -2.58. The zero-order valence-electron chi connectivity index (χ0n) is 19.0. The maximum atomic E-state index is 12.6. The van der Waals surface area contributed by atoms with Crippen LogP contribution in [0, 0.1) is 11.3 Å². The fourth-order valence-corrected chi connectivity index (χ4v) is 5.24. The maximum Gasteiger partial charge on any atom is 0.315 e. The van der Waals surface area contributed by atoms with Crippen molar-refractivity contribution in [3.05, 3.63) is 65.7 Å². The molecule has 4 rings (SSSR count). The molecule has 6 heteroatoms. The number of ether oxygens (including phenoxy) is 1. The Morgan fingerprint density at radius 3 is 2.34 bits per heavy atom. The molecule has 3 amide bonds. The lowest BCUT2D eigenvalue weighted by molar-refractivity contribution is -0.135. The van der Waals surface area contributed by atoms with Gasteiger partial charge in [-0.1, -0.05) is 42.5 Å². The highest BCUT2D eigenvalue weighted by Crippen LogP contribution is 2.59. The number of carbonyl (C=O) groups excluding carboxylic acids is 2. The fourth-order valence-electron chi connectivity index (χ4n) is 5.24. The van der Waals surface area contributed by atoms with Gasteiger partial charge in [0.2, 0.25) is 5.91 Å². The third-order valence-corrected chi connectivity index (χ3v) is 6.90. The van der Waals surface area contributed by atoms with Crippen LogP contribution in [0.25, 0.3) is 0 Å². The summed E-state index contributed by atoms with van der Waals surface area (Å²) < 4.78 is 5.15. The lowest BCUT2D eigenvalue weighted by Crippen LogP contribution is -2.57. The molecule has 2 aliphatic rings. The van der Waals surface area contributed by atoms with Gasteiger partial charge in [0.25, 0.3) is 0 Å². The summed E-state index contributed by atoms with van der Waals surface area (Å²) in [6.45, 7) is 1.16. The van der Waals surface area contributed by atoms with E-state index in [1.54, 1.807) is 7.11 Å². The van der Waals surface area contributed by atoms with Crippen molar-refractivity contribution in [1.29, 1.82) is 0 Å². The van der Waals surface area contributed by atoms with Gasteiger partial charge in [0.15, 0.2) is 0 Å². The van der Waals surface area contributed by atoms with E-state index in [2.05, 4.69) is 22.8 Å². The number of carbonyl (C=O) groups is 2. The predicted octanol–water partition coefficient (Wildman–Crippen LogP) is 4.10. The minimum absolute atomic E-state index is 0.116. The Kier molecular flexibility index (Phi) is 6.68. The van der Waals surface area contributed by atoms with Gasteiger partial charge in [-0.15, -0.1) is 0 Å². The summed E-state index contributed by atoms with van der Waals surface area (Å²) in [5.41, 5.74) is 2.54. The number of amides is 3. The molecular formula is C26H33N3O3. The Hall–Kier alpha value is -3.02. The number of hydrogen-bond acceptors (Lipinski definition) is 3. The first-order chi connectivity index (χ1) is 15.4. The van der Waals surface area contributed by atoms with E-state index in [9.17, 15) is 9.59 Å². The van der Waals surface area contributed by atoms with Crippen LogP contribution in [0.3, 0.4) is 0 Å². The third-order valence-electron chi connectivity index (χ3n) is 6.90. The molecule has 2 aromatic carbocycles. The van der Waals surface area contributed by atoms with E-state index in [1.807, 2.05) is 54.4 Å². The Labute approximate surface area is 190 Å². The molecule has 2 fully saturated rings. The van der Waals surface area contributed by atoms with Crippen molar-refractivity contribution in [1.82, 2.24) is 15.5 Å². The summed E-state index contributed by atoms with van der Waals surface area (Å²) in [6, 6.07) is 17.9. The van der Waals surface area contributed by atoms with Crippen molar-refractivity contribution in [3.8, 4) is 5.75 Å². The number of nitrogens with one attached hydrogen (secondary N) is 2. The molecular weight excluding hydrogens is 402 g/mol. The smallest absolute Gasteiger partial charge is 0.315 e. The molecule has 2 aliphatic carbocycles. The van der Waals surface area contributed by atoms with Crippen LogP contribution in [0.2, 0.25) is 0 Å². The number of hydrogen-bond donors (Lipinski definition) is 2. The molecule has 0 radical (unpaired) electrons. The van der Waals surface area contributed by atoms with E-state index < -0.39 is 0 Å². The molecule has 2 aromatic rings. The molecule has 1 spiro atoms. The SMILES string of the molecule is COc1ccc(CNC(=O)NC2CC3(CC(CC(=O)N(C)Cc4ccccc4)C3)C2)cc1. The van der Waals surface area contributed by atoms with Crippen molar-refractivity contribution in [2.45, 2.75) is 51.2 Å². The standard InChI is InChI=1S/C26H33N3O3/c1-29(18-20-6-4-3-5-7-20)24(30)12-21-13-26(14-21)15-22(16-26)28-25(31)27-17-19-8-10-23(32-2)11-9-19/h3-11,21-22H,12-18H2,1-2H3,(H2,27,28,31). The summed E-state index contributed by atoms with van der Waals surface area (Å²) in [5, 5.41) is 6.01. The zero-order chi connectivity index (χ0) is 22.6. The van der Waals surface area contributed by atoms with E-state index in [4.69, 9.17) is 4.74 Å². The van der Waals surface area contributed by atoms with Crippen molar-refractivity contribution < 1.29 is 14.3 Å². The Bertz CT molecular complexity index is 915. The van der Waals surface area contributed by atoms with Crippen LogP contribution in [-0.2, 0) is 17.9 Å². The van der Waals surface area contributed by atoms with Gasteiger partial charge in [0.1, 0.15) is 5.75 Å². The first-order valence-corrected chi connectivity index (χ1v) is 11.4. The molecule has 2 N–H and O–H groups in total. The van der Waals surface area contributed by atoms with Gasteiger partial charge in [-0.25, -0.2) is 4.79 Å². The zero-order valence-corrected chi connectivity index (χ0v) is 19.0. The Morgan fingerprint density at radius 2 is 1.69 bits per heavy atom. The van der Waals surface area contributed by atoms with Crippen LogP contribution in [0.1, 0.15) is 43.2 Å². The van der Waals surface area contributed by atoms with E-state index in [0.29, 0.717) is 30.8 Å². The minimum atomic E-state index is -0.116. The second kappa shape index (κ2) is 9.63. The molecule has 6 nitrogen and oxygen atoms in total. The van der Waals surface area contributed by atoms with Gasteiger partial charge >= 0.3 is 6.03 Å². The van der Waals surface area contributed by atoms with Gasteiger partial charge in [-0.3, -0.25) is 4.79 Å². The topological polar surface area (TPSA) is 70.7 Å². The van der Waals surface area contributed by atoms with Gasteiger partial charge in [0.05, 0.1) is 7.11 Å². The number of rotatable bonds is 8. The van der Waals surface area contributed by atoms with Crippen LogP contribution in [-0.4, -0.2) is 37.0 Å². The van der Waals surface area contributed by atoms with Crippen LogP contribution >= 0.6 is 0 Å². The van der Waals surface area contributed by atoms with E-state index in [1.165, 1.54) is 0 Å². The van der Waals surface area contributed by atoms with E-state index >= 15 is 0 Å². The highest BCUT2D eigenvalue weighted by atomic mass is 16.5. The second-order valence-corrected chi connectivity index (χ2v) is 9.49. The molecule has 0 heterocycles. The van der Waals surface area contributed by atoms with Crippen LogP contribution < -0.4 is 15.4 Å². The molecule has 2 saturated carbocycles. The number of nitrogens with zero attached hydrogens (tertiary/aromatic N) is 1. The van der Waals surface area contributed by atoms with Crippen LogP contribution in [0.15, 0.2) is 54.6 Å². The van der Waals surface area contributed by atoms with E-state index in [-0.39, 0.29) is 18.0 Å². The largest absolute Gasteiger partial charge is 0.497 e. The van der Waals surface area contributed by atoms with Crippen molar-refractivity contribution in [2.24, 2.45) is 11.3 Å². The summed E-state index contributed by atoms with van der Waals surface area (Å²) in [7, 11) is 3.52. The first-order valence-electron chi connectivity index (χ1n) is 11.4. The minimum Gasteiger partial charge on any atom is -0.497 e. The molecule has 0 bridgehead atoms. The molecule has 0 aliphatic heterocycles. The van der Waals surface area contributed by atoms with Gasteiger partial charge in [0, 0.05) is 32.6 Å². The highest BCUT2D eigenvalue weighted by Gasteiger charge is 2.53. The average Bonchev–Trinajstić information content (AvgIpc) is 2.75. The lowest BCUT2D eigenvalue weighted by atomic mass is 9.49. The number of benzene rings is 2. The number of methoxy groups -OCH3 is 1. The van der Waals surface area contributed by atoms with E-state index in [0.717, 1.165) is 42.6 Å². The Balaban J connectivity index is 1.11. The molecule has 0 aromatic heterocycles. The van der Waals surface area contributed by atoms with Crippen molar-refractivity contribution in [2.75, 3.05) is 14.2 Å². The average molecular weight is 436 g/mol. The summed E-state index contributed by atoms with van der Waals surface area (Å²) in [6.07, 6.45) is 4.87. The van der Waals surface area contributed by atoms with Gasteiger partial charge in [-0.05, 0) is 60.3 Å². The maximum absolute atomic E-state index is 12.6. The highest BCUT2D eigenvalue weighted by molar-refractivity contribution is 5.76. The molecule has 0 atom stereocenters. The summed E-state index contributed by atoms with van der Waals surface area (Å²) in [5.74, 6) is 1.51. The molecule has 0 unspecified atom stereocenters. The fraction of sp³-hybridized carbons (Fsp3) is 0.462. The molecule has 0 saturated heterocycles. The second-order valence-electron chi connectivity index (χ2n) is 9.49. The van der Waals surface area contributed by atoms with Gasteiger partial charge < -0.3 is 20.3 Å². The quantitative estimate of drug-likeness (QED) is 0.656.